The Hall–Kier alpha value is -2.76. The number of nitrogens with zero attached hydrogens (tertiary/aromatic N) is 2. The Morgan fingerprint density at radius 1 is 1.00 bits per heavy atom. The molecule has 1 aliphatic rings. The molecule has 2 heterocycles. The predicted octanol–water partition coefficient (Wildman–Crippen LogP) is 4.60. The summed E-state index contributed by atoms with van der Waals surface area (Å²) in [6.45, 7) is 4.15. The first kappa shape index (κ1) is 18.6. The highest BCUT2D eigenvalue weighted by Crippen LogP contribution is 2.25. The third-order valence-electron chi connectivity index (χ3n) is 4.93. The Labute approximate surface area is 169 Å². The van der Waals surface area contributed by atoms with Gasteiger partial charge in [-0.05, 0) is 55.6 Å². The molecule has 1 N–H and O–H groups in total. The van der Waals surface area contributed by atoms with Crippen LogP contribution in [0.25, 0.3) is 11.3 Å². The largest absolute Gasteiger partial charge is 0.451 e. The van der Waals surface area contributed by atoms with E-state index in [4.69, 9.17) is 16.0 Å². The van der Waals surface area contributed by atoms with Crippen molar-refractivity contribution in [3.63, 3.8) is 0 Å². The van der Waals surface area contributed by atoms with E-state index in [-0.39, 0.29) is 11.7 Å². The quantitative estimate of drug-likeness (QED) is 0.701. The van der Waals surface area contributed by atoms with Crippen molar-refractivity contribution in [1.29, 1.82) is 0 Å². The Bertz CT molecular complexity index is 960. The van der Waals surface area contributed by atoms with Gasteiger partial charge in [0.05, 0.1) is 0 Å². The van der Waals surface area contributed by atoms with Crippen LogP contribution in [0.1, 0.15) is 10.6 Å². The number of furan rings is 1. The maximum absolute atomic E-state index is 12.5. The lowest BCUT2D eigenvalue weighted by Gasteiger charge is -2.34. The summed E-state index contributed by atoms with van der Waals surface area (Å²) in [6.07, 6.45) is 0. The Balaban J connectivity index is 1.41. The molecule has 4 rings (SSSR count). The van der Waals surface area contributed by atoms with E-state index in [9.17, 15) is 4.79 Å². The lowest BCUT2D eigenvalue weighted by molar-refractivity contribution is 0.0997. The lowest BCUT2D eigenvalue weighted by atomic mass is 10.2. The van der Waals surface area contributed by atoms with Crippen LogP contribution in [-0.4, -0.2) is 44.0 Å². The summed E-state index contributed by atoms with van der Waals surface area (Å²) in [5.41, 5.74) is 2.75. The van der Waals surface area contributed by atoms with E-state index in [2.05, 4.69) is 22.2 Å². The summed E-state index contributed by atoms with van der Waals surface area (Å²) in [7, 11) is 2.14. The minimum absolute atomic E-state index is 0.262. The van der Waals surface area contributed by atoms with Crippen molar-refractivity contribution in [3.8, 4) is 11.3 Å². The van der Waals surface area contributed by atoms with Gasteiger partial charge >= 0.3 is 0 Å². The smallest absolute Gasteiger partial charge is 0.291 e. The number of hydrogen-bond donors (Lipinski definition) is 1. The summed E-state index contributed by atoms with van der Waals surface area (Å²) in [5, 5.41) is 3.51. The summed E-state index contributed by atoms with van der Waals surface area (Å²) in [5.74, 6) is 0.594. The van der Waals surface area contributed by atoms with E-state index in [1.54, 1.807) is 24.3 Å². The van der Waals surface area contributed by atoms with Gasteiger partial charge in [-0.1, -0.05) is 23.7 Å². The molecule has 0 saturated carbocycles. The van der Waals surface area contributed by atoms with Gasteiger partial charge in [-0.2, -0.15) is 0 Å². The van der Waals surface area contributed by atoms with E-state index in [0.717, 1.165) is 37.4 Å². The molecular weight excluding hydrogens is 374 g/mol. The Morgan fingerprint density at radius 3 is 2.46 bits per heavy atom. The van der Waals surface area contributed by atoms with Crippen LogP contribution in [0.15, 0.2) is 65.1 Å². The van der Waals surface area contributed by atoms with Gasteiger partial charge in [-0.3, -0.25) is 4.79 Å². The number of benzene rings is 2. The third-order valence-corrected chi connectivity index (χ3v) is 5.17. The molecule has 1 fully saturated rings. The summed E-state index contributed by atoms with van der Waals surface area (Å²) in [4.78, 5) is 17.2. The molecule has 0 radical (unpaired) electrons. The van der Waals surface area contributed by atoms with Gasteiger partial charge in [0.1, 0.15) is 5.76 Å². The first-order valence-corrected chi connectivity index (χ1v) is 9.67. The number of carbonyl (C=O) groups is 1. The molecule has 28 heavy (non-hydrogen) atoms. The van der Waals surface area contributed by atoms with Gasteiger partial charge in [0.15, 0.2) is 5.76 Å². The van der Waals surface area contributed by atoms with Crippen molar-refractivity contribution in [2.45, 2.75) is 0 Å². The number of rotatable bonds is 4. The van der Waals surface area contributed by atoms with Gasteiger partial charge in [-0.25, -0.2) is 0 Å². The molecule has 144 valence electrons. The number of piperazine rings is 1. The SMILES string of the molecule is CN1CCN(c2ccc(NC(=O)c3ccc(-c4cccc(Cl)c4)o3)cc2)CC1. The molecule has 1 saturated heterocycles. The second-order valence-corrected chi connectivity index (χ2v) is 7.40. The van der Waals surface area contributed by atoms with Crippen LogP contribution in [-0.2, 0) is 0 Å². The maximum Gasteiger partial charge on any atom is 0.291 e. The summed E-state index contributed by atoms with van der Waals surface area (Å²) >= 11 is 6.02. The van der Waals surface area contributed by atoms with Gasteiger partial charge < -0.3 is 19.5 Å². The minimum atomic E-state index is -0.277. The number of hydrogen-bond acceptors (Lipinski definition) is 4. The highest BCUT2D eigenvalue weighted by molar-refractivity contribution is 6.30. The van der Waals surface area contributed by atoms with E-state index >= 15 is 0 Å². The number of carbonyl (C=O) groups excluding carboxylic acids is 1. The van der Waals surface area contributed by atoms with Crippen LogP contribution in [0.5, 0.6) is 0 Å². The van der Waals surface area contributed by atoms with E-state index < -0.39 is 0 Å². The lowest BCUT2D eigenvalue weighted by Crippen LogP contribution is -2.44. The summed E-state index contributed by atoms with van der Waals surface area (Å²) < 4.78 is 5.70. The predicted molar refractivity (Wildman–Crippen MR) is 113 cm³/mol. The molecule has 5 nitrogen and oxygen atoms in total. The molecule has 0 spiro atoms. The maximum atomic E-state index is 12.5. The topological polar surface area (TPSA) is 48.7 Å². The highest BCUT2D eigenvalue weighted by atomic mass is 35.5. The molecule has 6 heteroatoms. The average molecular weight is 396 g/mol. The second kappa shape index (κ2) is 8.09. The highest BCUT2D eigenvalue weighted by Gasteiger charge is 2.15. The van der Waals surface area contributed by atoms with Crippen LogP contribution in [0.2, 0.25) is 5.02 Å². The molecular formula is C22H22ClN3O2. The Kier molecular flexibility index (Phi) is 5.37. The zero-order valence-corrected chi connectivity index (χ0v) is 16.4. The minimum Gasteiger partial charge on any atom is -0.451 e. The van der Waals surface area contributed by atoms with Crippen molar-refractivity contribution >= 4 is 28.9 Å². The molecule has 1 aromatic heterocycles. The number of amides is 1. The normalized spacial score (nSPS) is 14.9. The molecule has 3 aromatic rings. The molecule has 1 aliphatic heterocycles. The fourth-order valence-corrected chi connectivity index (χ4v) is 3.46. The second-order valence-electron chi connectivity index (χ2n) is 6.97. The van der Waals surface area contributed by atoms with Crippen molar-refractivity contribution < 1.29 is 9.21 Å². The average Bonchev–Trinajstić information content (AvgIpc) is 3.20. The van der Waals surface area contributed by atoms with E-state index in [1.165, 1.54) is 5.69 Å². The van der Waals surface area contributed by atoms with Crippen molar-refractivity contribution in [2.24, 2.45) is 0 Å². The number of likely N-dealkylation sites (N-methyl/N-ethyl adjacent to an activating group) is 1. The van der Waals surface area contributed by atoms with Crippen LogP contribution in [0.4, 0.5) is 11.4 Å². The third kappa shape index (κ3) is 4.21. The van der Waals surface area contributed by atoms with Gasteiger partial charge in [-0.15, -0.1) is 0 Å². The van der Waals surface area contributed by atoms with Gasteiger partial charge in [0.2, 0.25) is 0 Å². The van der Waals surface area contributed by atoms with Gasteiger partial charge in [0.25, 0.3) is 5.91 Å². The van der Waals surface area contributed by atoms with Crippen LogP contribution >= 0.6 is 11.6 Å². The van der Waals surface area contributed by atoms with E-state index in [0.29, 0.717) is 10.8 Å². The van der Waals surface area contributed by atoms with Crippen molar-refractivity contribution in [3.05, 3.63) is 71.4 Å². The van der Waals surface area contributed by atoms with E-state index in [1.807, 2.05) is 36.4 Å². The van der Waals surface area contributed by atoms with Crippen molar-refractivity contribution in [1.82, 2.24) is 4.90 Å². The summed E-state index contributed by atoms with van der Waals surface area (Å²) in [6, 6.07) is 18.7. The number of anilines is 2. The first-order valence-electron chi connectivity index (χ1n) is 9.29. The molecule has 0 bridgehead atoms. The fraction of sp³-hybridized carbons (Fsp3) is 0.227. The standard InChI is InChI=1S/C22H22ClN3O2/c1-25-11-13-26(14-12-25)19-7-5-18(6-8-19)24-22(27)21-10-9-20(28-21)16-3-2-4-17(23)15-16/h2-10,15H,11-14H2,1H3,(H,24,27). The number of nitrogens with one attached hydrogen (secondary N) is 1. The Morgan fingerprint density at radius 2 is 1.75 bits per heavy atom. The monoisotopic (exact) mass is 395 g/mol. The molecule has 0 aliphatic carbocycles. The molecule has 1 amide bonds. The number of halogens is 1. The molecule has 2 aromatic carbocycles. The zero-order valence-electron chi connectivity index (χ0n) is 15.7. The van der Waals surface area contributed by atoms with Crippen LogP contribution in [0, 0.1) is 0 Å². The molecule has 0 atom stereocenters. The zero-order chi connectivity index (χ0) is 19.5. The van der Waals surface area contributed by atoms with Crippen molar-refractivity contribution in [2.75, 3.05) is 43.4 Å². The van der Waals surface area contributed by atoms with Gasteiger partial charge in [0, 0.05) is 48.1 Å². The first-order chi connectivity index (χ1) is 13.6. The fourth-order valence-electron chi connectivity index (χ4n) is 3.27. The molecule has 0 unspecified atom stereocenters. The van der Waals surface area contributed by atoms with Crippen LogP contribution < -0.4 is 10.2 Å². The van der Waals surface area contributed by atoms with Crippen LogP contribution in [0.3, 0.4) is 0 Å².